The lowest BCUT2D eigenvalue weighted by molar-refractivity contribution is 0.513. The molecule has 1 aliphatic rings. The minimum Gasteiger partial charge on any atom is -0.371 e. The van der Waals surface area contributed by atoms with Crippen molar-refractivity contribution in [2.75, 3.05) is 41.8 Å². The molecule has 0 aromatic heterocycles. The van der Waals surface area contributed by atoms with Crippen LogP contribution in [-0.4, -0.2) is 32.0 Å². The first-order chi connectivity index (χ1) is 8.72. The van der Waals surface area contributed by atoms with Crippen LogP contribution in [0.25, 0.3) is 0 Å². The number of hydrogen-bond acceptors (Lipinski definition) is 2. The molecule has 2 nitrogen and oxygen atoms in total. The Bertz CT molecular complexity index is 381. The second kappa shape index (κ2) is 6.46. The summed E-state index contributed by atoms with van der Waals surface area (Å²) in [6, 6.07) is 8.75. The fourth-order valence-electron chi connectivity index (χ4n) is 2.51. The van der Waals surface area contributed by atoms with E-state index in [-0.39, 0.29) is 0 Å². The van der Waals surface area contributed by atoms with Gasteiger partial charge >= 0.3 is 0 Å². The van der Waals surface area contributed by atoms with Crippen molar-refractivity contribution < 1.29 is 0 Å². The number of benzene rings is 1. The molecule has 0 aliphatic carbocycles. The normalized spacial score (nSPS) is 16.6. The largest absolute Gasteiger partial charge is 0.371 e. The highest BCUT2D eigenvalue weighted by molar-refractivity contribution is 9.09. The first-order valence-electron chi connectivity index (χ1n) is 6.83. The van der Waals surface area contributed by atoms with Gasteiger partial charge in [-0.05, 0) is 30.9 Å². The Morgan fingerprint density at radius 2 is 1.89 bits per heavy atom. The molecule has 18 heavy (non-hydrogen) atoms. The summed E-state index contributed by atoms with van der Waals surface area (Å²) in [6.07, 6.45) is 2.55. The minimum absolute atomic E-state index is 0.802. The summed E-state index contributed by atoms with van der Waals surface area (Å²) >= 11 is 3.53. The lowest BCUT2D eigenvalue weighted by Gasteiger charge is -2.37. The van der Waals surface area contributed by atoms with Crippen molar-refractivity contribution in [1.82, 2.24) is 0 Å². The van der Waals surface area contributed by atoms with Crippen LogP contribution in [0.15, 0.2) is 24.3 Å². The van der Waals surface area contributed by atoms with Crippen molar-refractivity contribution in [3.05, 3.63) is 24.3 Å². The summed E-state index contributed by atoms with van der Waals surface area (Å²) < 4.78 is 0. The van der Waals surface area contributed by atoms with Gasteiger partial charge in [-0.3, -0.25) is 0 Å². The molecule has 2 rings (SSSR count). The number of likely N-dealkylation sites (N-methyl/N-ethyl adjacent to an activating group) is 1. The van der Waals surface area contributed by atoms with Crippen molar-refractivity contribution in [2.24, 2.45) is 5.92 Å². The number of hydrogen-bond donors (Lipinski definition) is 0. The van der Waals surface area contributed by atoms with Crippen molar-refractivity contribution in [3.63, 3.8) is 0 Å². The zero-order valence-electron chi connectivity index (χ0n) is 11.4. The molecule has 0 radical (unpaired) electrons. The number of rotatable bonds is 5. The van der Waals surface area contributed by atoms with E-state index in [0.29, 0.717) is 0 Å². The zero-order valence-corrected chi connectivity index (χ0v) is 13.0. The minimum atomic E-state index is 0.802. The molecular weight excluding hydrogens is 288 g/mol. The second-order valence-corrected chi connectivity index (χ2v) is 6.06. The van der Waals surface area contributed by atoms with E-state index >= 15 is 0 Å². The first-order valence-corrected chi connectivity index (χ1v) is 7.95. The van der Waals surface area contributed by atoms with E-state index in [1.165, 1.54) is 30.8 Å². The SMILES string of the molecule is CC(CCBr)CCN1CCN(C)c2ccccc21. The average molecular weight is 311 g/mol. The highest BCUT2D eigenvalue weighted by atomic mass is 79.9. The topological polar surface area (TPSA) is 6.48 Å². The van der Waals surface area contributed by atoms with Gasteiger partial charge in [-0.25, -0.2) is 0 Å². The fraction of sp³-hybridized carbons (Fsp3) is 0.600. The standard InChI is InChI=1S/C15H23BrN2/c1-13(7-9-16)8-10-18-12-11-17(2)14-5-3-4-6-15(14)18/h3-6,13H,7-12H2,1-2H3. The number of nitrogens with zero attached hydrogens (tertiary/aromatic N) is 2. The molecule has 3 heteroatoms. The van der Waals surface area contributed by atoms with Gasteiger partial charge < -0.3 is 9.80 Å². The van der Waals surface area contributed by atoms with Crippen LogP contribution in [0, 0.1) is 5.92 Å². The lowest BCUT2D eigenvalue weighted by atomic mass is 10.0. The smallest absolute Gasteiger partial charge is 0.0604 e. The monoisotopic (exact) mass is 310 g/mol. The molecule has 0 saturated carbocycles. The van der Waals surface area contributed by atoms with Crippen molar-refractivity contribution in [2.45, 2.75) is 19.8 Å². The molecule has 1 aromatic rings. The van der Waals surface area contributed by atoms with Gasteiger partial charge in [0.05, 0.1) is 11.4 Å². The van der Waals surface area contributed by atoms with Gasteiger partial charge in [-0.1, -0.05) is 35.0 Å². The summed E-state index contributed by atoms with van der Waals surface area (Å²) in [7, 11) is 2.18. The second-order valence-electron chi connectivity index (χ2n) is 5.27. The molecule has 0 fully saturated rings. The Morgan fingerprint density at radius 1 is 1.17 bits per heavy atom. The lowest BCUT2D eigenvalue weighted by Crippen LogP contribution is -2.40. The molecule has 0 bridgehead atoms. The van der Waals surface area contributed by atoms with Gasteiger partial charge in [0, 0.05) is 32.0 Å². The molecule has 0 amide bonds. The molecule has 1 unspecified atom stereocenters. The average Bonchev–Trinajstić information content (AvgIpc) is 2.39. The predicted octanol–water partition coefficient (Wildman–Crippen LogP) is 3.75. The van der Waals surface area contributed by atoms with Crippen molar-refractivity contribution in [1.29, 1.82) is 0 Å². The third-order valence-electron chi connectivity index (χ3n) is 3.83. The van der Waals surface area contributed by atoms with E-state index in [0.717, 1.165) is 24.3 Å². The van der Waals surface area contributed by atoms with Crippen LogP contribution in [0.5, 0.6) is 0 Å². The van der Waals surface area contributed by atoms with Crippen molar-refractivity contribution >= 4 is 27.3 Å². The van der Waals surface area contributed by atoms with Crippen LogP contribution in [0.2, 0.25) is 0 Å². The maximum Gasteiger partial charge on any atom is 0.0604 e. The van der Waals surface area contributed by atoms with Crippen LogP contribution in [0.4, 0.5) is 11.4 Å². The van der Waals surface area contributed by atoms with Crippen LogP contribution < -0.4 is 9.80 Å². The number of para-hydroxylation sites is 2. The molecule has 1 aromatic carbocycles. The molecule has 0 N–H and O–H groups in total. The van der Waals surface area contributed by atoms with Crippen LogP contribution in [0.3, 0.4) is 0 Å². The van der Waals surface area contributed by atoms with Crippen LogP contribution in [0.1, 0.15) is 19.8 Å². The van der Waals surface area contributed by atoms with Crippen LogP contribution >= 0.6 is 15.9 Å². The van der Waals surface area contributed by atoms with Gasteiger partial charge in [0.2, 0.25) is 0 Å². The molecule has 100 valence electrons. The maximum absolute atomic E-state index is 3.53. The summed E-state index contributed by atoms with van der Waals surface area (Å²) in [6.45, 7) is 5.81. The summed E-state index contributed by atoms with van der Waals surface area (Å²) in [5, 5.41) is 1.12. The molecule has 1 heterocycles. The van der Waals surface area contributed by atoms with Gasteiger partial charge in [0.25, 0.3) is 0 Å². The Balaban J connectivity index is 2.00. The molecule has 1 aliphatic heterocycles. The quantitative estimate of drug-likeness (QED) is 0.764. The molecule has 0 saturated heterocycles. The third kappa shape index (κ3) is 3.19. The van der Waals surface area contributed by atoms with E-state index in [4.69, 9.17) is 0 Å². The number of anilines is 2. The van der Waals surface area contributed by atoms with Gasteiger partial charge in [-0.15, -0.1) is 0 Å². The Hall–Kier alpha value is -0.700. The number of fused-ring (bicyclic) bond motifs is 1. The third-order valence-corrected chi connectivity index (χ3v) is 4.29. The van der Waals surface area contributed by atoms with E-state index in [2.05, 4.69) is 64.0 Å². The number of halogens is 1. The first kappa shape index (κ1) is 13.7. The van der Waals surface area contributed by atoms with E-state index in [9.17, 15) is 0 Å². The van der Waals surface area contributed by atoms with Crippen LogP contribution in [-0.2, 0) is 0 Å². The predicted molar refractivity (Wildman–Crippen MR) is 84.1 cm³/mol. The molecular formula is C15H23BrN2. The summed E-state index contributed by atoms with van der Waals surface area (Å²) in [5.74, 6) is 0.802. The van der Waals surface area contributed by atoms with E-state index in [1.54, 1.807) is 0 Å². The summed E-state index contributed by atoms with van der Waals surface area (Å²) in [5.41, 5.74) is 2.77. The highest BCUT2D eigenvalue weighted by Crippen LogP contribution is 2.32. The van der Waals surface area contributed by atoms with E-state index in [1.807, 2.05) is 0 Å². The maximum atomic E-state index is 3.53. The van der Waals surface area contributed by atoms with E-state index < -0.39 is 0 Å². The zero-order chi connectivity index (χ0) is 13.0. The molecule has 1 atom stereocenters. The number of alkyl halides is 1. The van der Waals surface area contributed by atoms with Crippen molar-refractivity contribution in [3.8, 4) is 0 Å². The molecule has 0 spiro atoms. The fourth-order valence-corrected chi connectivity index (χ4v) is 3.29. The van der Waals surface area contributed by atoms with Gasteiger partial charge in [0.15, 0.2) is 0 Å². The Morgan fingerprint density at radius 3 is 2.61 bits per heavy atom. The summed E-state index contributed by atoms with van der Waals surface area (Å²) in [4.78, 5) is 4.90. The highest BCUT2D eigenvalue weighted by Gasteiger charge is 2.19. The van der Waals surface area contributed by atoms with Gasteiger partial charge in [0.1, 0.15) is 0 Å². The Kier molecular flexibility index (Phi) is 4.93. The Labute approximate surface area is 119 Å². The van der Waals surface area contributed by atoms with Gasteiger partial charge in [-0.2, -0.15) is 0 Å².